The van der Waals surface area contributed by atoms with Gasteiger partial charge in [0.2, 0.25) is 0 Å². The van der Waals surface area contributed by atoms with E-state index in [1.54, 1.807) is 20.8 Å². The zero-order valence-corrected chi connectivity index (χ0v) is 10.7. The molecule has 0 unspecified atom stereocenters. The van der Waals surface area contributed by atoms with Gasteiger partial charge in [-0.25, -0.2) is 0 Å². The third-order valence-electron chi connectivity index (χ3n) is 2.30. The molecule has 0 fully saturated rings. The topological polar surface area (TPSA) is 29.5 Å². The van der Waals surface area contributed by atoms with Crippen LogP contribution in [0.15, 0.2) is 0 Å². The summed E-state index contributed by atoms with van der Waals surface area (Å²) in [7, 11) is 1.23. The first-order valence-corrected chi connectivity index (χ1v) is 5.50. The summed E-state index contributed by atoms with van der Waals surface area (Å²) in [5, 5.41) is 0. The average Bonchev–Trinajstić information content (AvgIpc) is 2.13. The van der Waals surface area contributed by atoms with Crippen molar-refractivity contribution in [2.75, 3.05) is 26.7 Å². The molecule has 0 heterocycles. The van der Waals surface area contributed by atoms with Crippen molar-refractivity contribution < 1.29 is 22.7 Å². The molecule has 0 aliphatic heterocycles. The molecule has 0 aliphatic carbocycles. The van der Waals surface area contributed by atoms with Gasteiger partial charge in [-0.3, -0.25) is 9.69 Å². The predicted molar refractivity (Wildman–Crippen MR) is 58.6 cm³/mol. The van der Waals surface area contributed by atoms with E-state index in [1.807, 2.05) is 0 Å². The quantitative estimate of drug-likeness (QED) is 0.683. The predicted octanol–water partition coefficient (Wildman–Crippen LogP) is 2.46. The van der Waals surface area contributed by atoms with Gasteiger partial charge in [-0.1, -0.05) is 6.92 Å². The average molecular weight is 255 g/mol. The Morgan fingerprint density at radius 3 is 2.12 bits per heavy atom. The fraction of sp³-hybridized carbons (Fsp3) is 0.909. The summed E-state index contributed by atoms with van der Waals surface area (Å²) in [6.45, 7) is 4.30. The van der Waals surface area contributed by atoms with Crippen molar-refractivity contribution in [1.29, 1.82) is 0 Å². The van der Waals surface area contributed by atoms with E-state index >= 15 is 0 Å². The fourth-order valence-electron chi connectivity index (χ4n) is 1.68. The van der Waals surface area contributed by atoms with Crippen LogP contribution in [-0.4, -0.2) is 43.8 Å². The zero-order valence-electron chi connectivity index (χ0n) is 10.7. The first-order valence-electron chi connectivity index (χ1n) is 5.50. The highest BCUT2D eigenvalue weighted by Gasteiger charge is 2.36. The molecular weight excluding hydrogens is 235 g/mol. The van der Waals surface area contributed by atoms with E-state index in [1.165, 1.54) is 12.0 Å². The van der Waals surface area contributed by atoms with Crippen molar-refractivity contribution in [3.8, 4) is 0 Å². The SMILES string of the molecule is CCCN(CC(F)(F)F)CC(C)(C)C(=O)OC. The van der Waals surface area contributed by atoms with Crippen LogP contribution in [-0.2, 0) is 9.53 Å². The van der Waals surface area contributed by atoms with Crippen LogP contribution < -0.4 is 0 Å². The number of carbonyl (C=O) groups excluding carboxylic acids is 1. The Balaban J connectivity index is 4.58. The summed E-state index contributed by atoms with van der Waals surface area (Å²) in [5.41, 5.74) is -0.935. The largest absolute Gasteiger partial charge is 0.469 e. The maximum absolute atomic E-state index is 12.3. The molecule has 6 heteroatoms. The first kappa shape index (κ1) is 16.2. The van der Waals surface area contributed by atoms with Gasteiger partial charge in [-0.15, -0.1) is 0 Å². The van der Waals surface area contributed by atoms with Crippen LogP contribution in [0.3, 0.4) is 0 Å². The molecule has 0 spiro atoms. The van der Waals surface area contributed by atoms with Crippen LogP contribution in [0.4, 0.5) is 13.2 Å². The highest BCUT2D eigenvalue weighted by atomic mass is 19.4. The minimum absolute atomic E-state index is 0.0347. The number of hydrogen-bond donors (Lipinski definition) is 0. The lowest BCUT2D eigenvalue weighted by molar-refractivity contribution is -0.160. The van der Waals surface area contributed by atoms with Gasteiger partial charge in [0.15, 0.2) is 0 Å². The number of carbonyl (C=O) groups is 1. The number of alkyl halides is 3. The minimum atomic E-state index is -4.25. The number of ether oxygens (including phenoxy) is 1. The second-order valence-corrected chi connectivity index (χ2v) is 4.70. The van der Waals surface area contributed by atoms with Crippen LogP contribution in [0.1, 0.15) is 27.2 Å². The van der Waals surface area contributed by atoms with Crippen molar-refractivity contribution >= 4 is 5.97 Å². The maximum Gasteiger partial charge on any atom is 0.401 e. The fourth-order valence-corrected chi connectivity index (χ4v) is 1.68. The van der Waals surface area contributed by atoms with Crippen molar-refractivity contribution in [1.82, 2.24) is 4.90 Å². The molecule has 0 aliphatic rings. The lowest BCUT2D eigenvalue weighted by Crippen LogP contribution is -2.44. The summed E-state index contributed by atoms with van der Waals surface area (Å²) in [5.74, 6) is -0.499. The zero-order chi connectivity index (χ0) is 13.7. The van der Waals surface area contributed by atoms with Gasteiger partial charge in [0, 0.05) is 6.54 Å². The smallest absolute Gasteiger partial charge is 0.401 e. The van der Waals surface area contributed by atoms with Gasteiger partial charge < -0.3 is 4.74 Å². The summed E-state index contributed by atoms with van der Waals surface area (Å²) in [6, 6.07) is 0. The first-order chi connectivity index (χ1) is 7.62. The standard InChI is InChI=1S/C11H20F3NO2/c1-5-6-15(8-11(12,13)14)7-10(2,3)9(16)17-4/h5-8H2,1-4H3. The number of methoxy groups -OCH3 is 1. The van der Waals surface area contributed by atoms with Crippen molar-refractivity contribution in [2.45, 2.75) is 33.4 Å². The van der Waals surface area contributed by atoms with Gasteiger partial charge in [-0.2, -0.15) is 13.2 Å². The van der Waals surface area contributed by atoms with Crippen molar-refractivity contribution in [3.05, 3.63) is 0 Å². The third-order valence-corrected chi connectivity index (χ3v) is 2.30. The second kappa shape index (κ2) is 6.23. The molecule has 0 N–H and O–H groups in total. The minimum Gasteiger partial charge on any atom is -0.469 e. The number of esters is 1. The van der Waals surface area contributed by atoms with Gasteiger partial charge in [0.1, 0.15) is 0 Å². The van der Waals surface area contributed by atoms with Crippen molar-refractivity contribution in [3.63, 3.8) is 0 Å². The molecule has 0 radical (unpaired) electrons. The molecular formula is C11H20F3NO2. The molecule has 0 amide bonds. The van der Waals surface area contributed by atoms with Gasteiger partial charge in [-0.05, 0) is 26.8 Å². The van der Waals surface area contributed by atoms with Crippen LogP contribution in [0, 0.1) is 5.41 Å². The van der Waals surface area contributed by atoms with Crippen LogP contribution in [0.25, 0.3) is 0 Å². The molecule has 0 aromatic heterocycles. The number of rotatable bonds is 6. The molecule has 0 saturated heterocycles. The Bertz CT molecular complexity index is 252. The Morgan fingerprint density at radius 1 is 1.24 bits per heavy atom. The molecule has 3 nitrogen and oxygen atoms in total. The van der Waals surface area contributed by atoms with Gasteiger partial charge in [0.05, 0.1) is 19.1 Å². The van der Waals surface area contributed by atoms with E-state index < -0.39 is 24.1 Å². The van der Waals surface area contributed by atoms with Crippen LogP contribution >= 0.6 is 0 Å². The van der Waals surface area contributed by atoms with Crippen molar-refractivity contribution in [2.24, 2.45) is 5.41 Å². The van der Waals surface area contributed by atoms with Crippen LogP contribution in [0.2, 0.25) is 0 Å². The van der Waals surface area contributed by atoms with E-state index in [0.29, 0.717) is 13.0 Å². The van der Waals surface area contributed by atoms with E-state index in [-0.39, 0.29) is 6.54 Å². The molecule has 0 aromatic carbocycles. The monoisotopic (exact) mass is 255 g/mol. The summed E-state index contributed by atoms with van der Waals surface area (Å²) >= 11 is 0. The second-order valence-electron chi connectivity index (χ2n) is 4.70. The lowest BCUT2D eigenvalue weighted by Gasteiger charge is -2.30. The van der Waals surface area contributed by atoms with Gasteiger partial charge in [0.25, 0.3) is 0 Å². The molecule has 0 atom stereocenters. The Kier molecular flexibility index (Phi) is 5.95. The van der Waals surface area contributed by atoms with E-state index in [0.717, 1.165) is 0 Å². The Morgan fingerprint density at radius 2 is 1.76 bits per heavy atom. The third kappa shape index (κ3) is 6.51. The molecule has 0 saturated carbocycles. The van der Waals surface area contributed by atoms with E-state index in [9.17, 15) is 18.0 Å². The molecule has 17 heavy (non-hydrogen) atoms. The lowest BCUT2D eigenvalue weighted by atomic mass is 9.93. The van der Waals surface area contributed by atoms with Gasteiger partial charge >= 0.3 is 12.1 Å². The number of halogens is 3. The Labute approximate surface area is 99.9 Å². The molecule has 0 aromatic rings. The van der Waals surface area contributed by atoms with E-state index in [2.05, 4.69) is 4.74 Å². The summed E-state index contributed by atoms with van der Waals surface area (Å²) < 4.78 is 41.6. The number of nitrogens with zero attached hydrogens (tertiary/aromatic N) is 1. The highest BCUT2D eigenvalue weighted by Crippen LogP contribution is 2.23. The Hall–Kier alpha value is -0.780. The normalized spacial score (nSPS) is 12.9. The number of hydrogen-bond acceptors (Lipinski definition) is 3. The molecule has 0 bridgehead atoms. The molecule has 0 rings (SSSR count). The molecule has 102 valence electrons. The van der Waals surface area contributed by atoms with Crippen LogP contribution in [0.5, 0.6) is 0 Å². The highest BCUT2D eigenvalue weighted by molar-refractivity contribution is 5.76. The summed E-state index contributed by atoms with van der Waals surface area (Å²) in [6.07, 6.45) is -3.64. The maximum atomic E-state index is 12.3. The summed E-state index contributed by atoms with van der Waals surface area (Å²) in [4.78, 5) is 12.6. The van der Waals surface area contributed by atoms with E-state index in [4.69, 9.17) is 0 Å².